The zero-order chi connectivity index (χ0) is 22.0. The molecule has 2 aromatic rings. The molecule has 170 valence electrons. The molecule has 0 aliphatic heterocycles. The smallest absolute Gasteiger partial charge is 0.332 e. The maximum Gasteiger partial charge on any atom is 0.332 e. The predicted molar refractivity (Wildman–Crippen MR) is 123 cm³/mol. The Labute approximate surface area is 183 Å². The van der Waals surface area contributed by atoms with Crippen molar-refractivity contribution in [1.82, 2.24) is 24.6 Å². The second kappa shape index (κ2) is 9.10. The molecule has 0 bridgehead atoms. The van der Waals surface area contributed by atoms with Crippen molar-refractivity contribution in [2.24, 2.45) is 14.1 Å². The van der Waals surface area contributed by atoms with Crippen molar-refractivity contribution in [3.8, 4) is 0 Å². The first-order valence-electron chi connectivity index (χ1n) is 12.0. The lowest BCUT2D eigenvalue weighted by Gasteiger charge is -2.52. The third-order valence-electron chi connectivity index (χ3n) is 7.22. The summed E-state index contributed by atoms with van der Waals surface area (Å²) in [5.41, 5.74) is -0.487. The number of rotatable bonds is 6. The molecular weight excluding hydrogens is 392 g/mol. The fourth-order valence-electron chi connectivity index (χ4n) is 5.57. The van der Waals surface area contributed by atoms with E-state index in [1.807, 2.05) is 6.07 Å². The summed E-state index contributed by atoms with van der Waals surface area (Å²) in [7, 11) is 3.16. The van der Waals surface area contributed by atoms with Crippen molar-refractivity contribution in [3.63, 3.8) is 0 Å². The first-order valence-corrected chi connectivity index (χ1v) is 12.0. The van der Waals surface area contributed by atoms with E-state index in [9.17, 15) is 9.59 Å². The van der Waals surface area contributed by atoms with Gasteiger partial charge in [0, 0.05) is 20.1 Å². The van der Waals surface area contributed by atoms with E-state index in [1.54, 1.807) is 7.05 Å². The summed E-state index contributed by atoms with van der Waals surface area (Å²) in [6, 6.07) is 2.27. The molecule has 2 fully saturated rings. The molecule has 2 aliphatic rings. The topological polar surface area (TPSA) is 85.0 Å². The van der Waals surface area contributed by atoms with Crippen LogP contribution < -0.4 is 21.5 Å². The second-order valence-electron chi connectivity index (χ2n) is 9.33. The molecule has 2 aromatic heterocycles. The van der Waals surface area contributed by atoms with Crippen LogP contribution in [0.1, 0.15) is 77.6 Å². The van der Waals surface area contributed by atoms with Crippen LogP contribution in [0.2, 0.25) is 0 Å². The zero-order valence-electron chi connectivity index (χ0n) is 19.2. The van der Waals surface area contributed by atoms with E-state index in [0.717, 1.165) is 49.0 Å². The maximum absolute atomic E-state index is 12.9. The summed E-state index contributed by atoms with van der Waals surface area (Å²) in [5, 5.41) is 13.4. The fourth-order valence-corrected chi connectivity index (χ4v) is 5.57. The highest BCUT2D eigenvalue weighted by atomic mass is 16.2. The molecule has 8 nitrogen and oxygen atoms in total. The van der Waals surface area contributed by atoms with E-state index in [0.29, 0.717) is 17.1 Å². The van der Waals surface area contributed by atoms with Crippen molar-refractivity contribution < 1.29 is 0 Å². The number of nitrogens with zero attached hydrogens (tertiary/aromatic N) is 5. The highest BCUT2D eigenvalue weighted by Crippen LogP contribution is 2.39. The minimum absolute atomic E-state index is 0.148. The van der Waals surface area contributed by atoms with Gasteiger partial charge in [-0.05, 0) is 57.6 Å². The molecule has 8 heteroatoms. The highest BCUT2D eigenvalue weighted by Gasteiger charge is 2.42. The number of aryl methyl sites for hydroxylation is 1. The molecule has 0 saturated heterocycles. The first-order chi connectivity index (χ1) is 15.0. The van der Waals surface area contributed by atoms with Crippen LogP contribution >= 0.6 is 0 Å². The lowest BCUT2D eigenvalue weighted by atomic mass is 9.83. The minimum Gasteiger partial charge on any atom is -0.334 e. The van der Waals surface area contributed by atoms with Gasteiger partial charge in [0.15, 0.2) is 11.5 Å². The van der Waals surface area contributed by atoms with Gasteiger partial charge < -0.3 is 4.90 Å². The average molecular weight is 429 g/mol. The molecule has 4 rings (SSSR count). The Morgan fingerprint density at radius 2 is 1.71 bits per heavy atom. The Kier molecular flexibility index (Phi) is 6.46. The van der Waals surface area contributed by atoms with Gasteiger partial charge in [-0.1, -0.05) is 32.6 Å². The SMILES string of the molecule is CCCNC1(N(c2cc3c(=O)n(C)c(=O)n(C)c3nn2)C2CCCCC2)CCCCC1. The zero-order valence-corrected chi connectivity index (χ0v) is 19.2. The summed E-state index contributed by atoms with van der Waals surface area (Å²) in [6.45, 7) is 3.16. The number of anilines is 1. The molecule has 0 unspecified atom stereocenters. The Morgan fingerprint density at radius 1 is 1.03 bits per heavy atom. The molecule has 31 heavy (non-hydrogen) atoms. The van der Waals surface area contributed by atoms with Gasteiger partial charge in [0.2, 0.25) is 0 Å². The third-order valence-corrected chi connectivity index (χ3v) is 7.22. The lowest BCUT2D eigenvalue weighted by Crippen LogP contribution is -2.64. The van der Waals surface area contributed by atoms with Crippen LogP contribution in [0, 0.1) is 0 Å². The highest BCUT2D eigenvalue weighted by molar-refractivity contribution is 5.76. The van der Waals surface area contributed by atoms with Gasteiger partial charge in [-0.3, -0.25) is 19.2 Å². The molecule has 0 radical (unpaired) electrons. The monoisotopic (exact) mass is 428 g/mol. The van der Waals surface area contributed by atoms with Crippen molar-refractivity contribution in [1.29, 1.82) is 0 Å². The summed E-state index contributed by atoms with van der Waals surface area (Å²) in [5.74, 6) is 0.764. The van der Waals surface area contributed by atoms with Gasteiger partial charge in [-0.15, -0.1) is 10.2 Å². The Morgan fingerprint density at radius 3 is 2.39 bits per heavy atom. The minimum atomic E-state index is -0.378. The number of aromatic nitrogens is 4. The molecule has 0 atom stereocenters. The second-order valence-corrected chi connectivity index (χ2v) is 9.33. The Hall–Kier alpha value is -2.22. The molecule has 2 aliphatic carbocycles. The Balaban J connectivity index is 1.88. The van der Waals surface area contributed by atoms with Crippen LogP contribution in [0.15, 0.2) is 15.7 Å². The third kappa shape index (κ3) is 4.02. The van der Waals surface area contributed by atoms with Crippen molar-refractivity contribution in [2.45, 2.75) is 89.3 Å². The summed E-state index contributed by atoms with van der Waals surface area (Å²) < 4.78 is 2.56. The average Bonchev–Trinajstić information content (AvgIpc) is 2.81. The van der Waals surface area contributed by atoms with Gasteiger partial charge in [0.1, 0.15) is 0 Å². The summed E-state index contributed by atoms with van der Waals surface area (Å²) >= 11 is 0. The maximum atomic E-state index is 12.9. The molecule has 2 saturated carbocycles. The van der Waals surface area contributed by atoms with Gasteiger partial charge >= 0.3 is 5.69 Å². The van der Waals surface area contributed by atoms with E-state index in [1.165, 1.54) is 50.1 Å². The first kappa shape index (κ1) is 22.0. The van der Waals surface area contributed by atoms with Gasteiger partial charge in [-0.25, -0.2) is 4.79 Å². The number of nitrogens with one attached hydrogen (secondary N) is 1. The van der Waals surface area contributed by atoms with Crippen LogP contribution in [-0.4, -0.2) is 37.6 Å². The van der Waals surface area contributed by atoms with Crippen LogP contribution in [0.4, 0.5) is 5.82 Å². The van der Waals surface area contributed by atoms with Crippen molar-refractivity contribution in [3.05, 3.63) is 26.9 Å². The molecule has 0 aromatic carbocycles. The van der Waals surface area contributed by atoms with E-state index < -0.39 is 0 Å². The number of hydrogen-bond acceptors (Lipinski definition) is 6. The van der Waals surface area contributed by atoms with Gasteiger partial charge in [-0.2, -0.15) is 0 Å². The Bertz CT molecular complexity index is 1030. The molecule has 0 amide bonds. The van der Waals surface area contributed by atoms with Gasteiger partial charge in [0.05, 0.1) is 11.0 Å². The normalized spacial score (nSPS) is 19.6. The molecule has 1 N–H and O–H groups in total. The van der Waals surface area contributed by atoms with E-state index in [4.69, 9.17) is 0 Å². The van der Waals surface area contributed by atoms with Crippen molar-refractivity contribution in [2.75, 3.05) is 11.4 Å². The van der Waals surface area contributed by atoms with Crippen LogP contribution in [0.25, 0.3) is 11.0 Å². The van der Waals surface area contributed by atoms with Crippen molar-refractivity contribution >= 4 is 16.9 Å². The van der Waals surface area contributed by atoms with E-state index >= 15 is 0 Å². The van der Waals surface area contributed by atoms with E-state index in [2.05, 4.69) is 27.3 Å². The van der Waals surface area contributed by atoms with Crippen LogP contribution in [0.3, 0.4) is 0 Å². The number of hydrogen-bond donors (Lipinski definition) is 1. The standard InChI is InChI=1S/C23H36N6O2/c1-4-15-24-23(13-9-6-10-14-23)29(17-11-7-5-8-12-17)19-16-18-20(26-25-19)27(2)22(31)28(3)21(18)30/h16-17,24H,4-15H2,1-3H3. The summed E-state index contributed by atoms with van der Waals surface area (Å²) in [6.07, 6.45) is 12.9. The van der Waals surface area contributed by atoms with E-state index in [-0.39, 0.29) is 16.9 Å². The predicted octanol–water partition coefficient (Wildman–Crippen LogP) is 2.83. The van der Waals surface area contributed by atoms with Crippen LogP contribution in [0.5, 0.6) is 0 Å². The lowest BCUT2D eigenvalue weighted by molar-refractivity contribution is 0.190. The summed E-state index contributed by atoms with van der Waals surface area (Å²) in [4.78, 5) is 27.7. The molecule has 2 heterocycles. The van der Waals surface area contributed by atoms with Gasteiger partial charge in [0.25, 0.3) is 5.56 Å². The number of fused-ring (bicyclic) bond motifs is 1. The molecule has 0 spiro atoms. The fraction of sp³-hybridized carbons (Fsp3) is 0.739. The van der Waals surface area contributed by atoms with Crippen LogP contribution in [-0.2, 0) is 14.1 Å². The molecular formula is C23H36N6O2. The largest absolute Gasteiger partial charge is 0.334 e. The quantitative estimate of drug-likeness (QED) is 0.712.